The van der Waals surface area contributed by atoms with E-state index < -0.39 is 0 Å². The van der Waals surface area contributed by atoms with Gasteiger partial charge in [-0.1, -0.05) is 6.08 Å². The average molecular weight is 140 g/mol. The van der Waals surface area contributed by atoms with Gasteiger partial charge in [0.05, 0.1) is 11.9 Å². The number of methoxy groups -OCH3 is 1. The molecule has 0 radical (unpaired) electrons. The standard InChI is InChI=1S/C8H12O2/c1-6-3-7(9)5-8(4-6)10-2/h3-4,8-9H,5H2,1-2H3. The van der Waals surface area contributed by atoms with Crippen molar-refractivity contribution in [1.29, 1.82) is 0 Å². The van der Waals surface area contributed by atoms with Gasteiger partial charge in [0.1, 0.15) is 0 Å². The maximum absolute atomic E-state index is 9.12. The summed E-state index contributed by atoms with van der Waals surface area (Å²) < 4.78 is 5.05. The molecule has 2 nitrogen and oxygen atoms in total. The Bertz CT molecular complexity index is 180. The molecule has 0 saturated heterocycles. The first-order valence-corrected chi connectivity index (χ1v) is 3.33. The first kappa shape index (κ1) is 7.35. The van der Waals surface area contributed by atoms with Crippen LogP contribution in [0.3, 0.4) is 0 Å². The van der Waals surface area contributed by atoms with Crippen LogP contribution in [0.2, 0.25) is 0 Å². The van der Waals surface area contributed by atoms with Crippen molar-refractivity contribution in [3.63, 3.8) is 0 Å². The average Bonchev–Trinajstić information content (AvgIpc) is 1.85. The van der Waals surface area contributed by atoms with Crippen LogP contribution in [0.5, 0.6) is 0 Å². The monoisotopic (exact) mass is 140 g/mol. The number of aliphatic hydroxyl groups is 1. The highest BCUT2D eigenvalue weighted by atomic mass is 16.5. The summed E-state index contributed by atoms with van der Waals surface area (Å²) in [4.78, 5) is 0. The lowest BCUT2D eigenvalue weighted by Gasteiger charge is -2.15. The van der Waals surface area contributed by atoms with Gasteiger partial charge in [-0.15, -0.1) is 0 Å². The molecule has 0 aromatic heterocycles. The fourth-order valence-electron chi connectivity index (χ4n) is 1.08. The van der Waals surface area contributed by atoms with Gasteiger partial charge in [-0.05, 0) is 18.6 Å². The Morgan fingerprint density at radius 2 is 2.40 bits per heavy atom. The molecule has 2 heteroatoms. The third-order valence-electron chi connectivity index (χ3n) is 1.56. The molecule has 1 N–H and O–H groups in total. The summed E-state index contributed by atoms with van der Waals surface area (Å²) in [6, 6.07) is 0. The highest BCUT2D eigenvalue weighted by Crippen LogP contribution is 2.16. The Hall–Kier alpha value is -0.760. The van der Waals surface area contributed by atoms with E-state index in [0.29, 0.717) is 12.2 Å². The fourth-order valence-corrected chi connectivity index (χ4v) is 1.08. The molecule has 0 saturated carbocycles. The predicted molar refractivity (Wildman–Crippen MR) is 39.9 cm³/mol. The second-order valence-electron chi connectivity index (χ2n) is 2.52. The smallest absolute Gasteiger partial charge is 0.0954 e. The summed E-state index contributed by atoms with van der Waals surface area (Å²) in [5.74, 6) is 0.409. The zero-order chi connectivity index (χ0) is 7.56. The van der Waals surface area contributed by atoms with Crippen molar-refractivity contribution in [2.45, 2.75) is 19.4 Å². The molecule has 0 heterocycles. The quantitative estimate of drug-likeness (QED) is 0.601. The van der Waals surface area contributed by atoms with Crippen LogP contribution in [0.15, 0.2) is 23.5 Å². The van der Waals surface area contributed by atoms with E-state index in [1.807, 2.05) is 13.0 Å². The molecule has 0 aliphatic heterocycles. The largest absolute Gasteiger partial charge is 0.512 e. The second kappa shape index (κ2) is 2.88. The van der Waals surface area contributed by atoms with E-state index in [4.69, 9.17) is 9.84 Å². The van der Waals surface area contributed by atoms with Gasteiger partial charge >= 0.3 is 0 Å². The van der Waals surface area contributed by atoms with Gasteiger partial charge in [-0.2, -0.15) is 0 Å². The van der Waals surface area contributed by atoms with Gasteiger partial charge in [0.15, 0.2) is 0 Å². The highest BCUT2D eigenvalue weighted by Gasteiger charge is 2.10. The molecule has 0 spiro atoms. The summed E-state index contributed by atoms with van der Waals surface area (Å²) >= 11 is 0. The van der Waals surface area contributed by atoms with E-state index in [1.54, 1.807) is 13.2 Å². The zero-order valence-corrected chi connectivity index (χ0v) is 6.29. The minimum atomic E-state index is 0.0602. The number of ether oxygens (including phenoxy) is 1. The minimum absolute atomic E-state index is 0.0602. The first-order valence-electron chi connectivity index (χ1n) is 3.33. The first-order chi connectivity index (χ1) is 4.72. The molecule has 0 amide bonds. The molecule has 1 aliphatic carbocycles. The van der Waals surface area contributed by atoms with E-state index in [9.17, 15) is 0 Å². The number of aliphatic hydroxyl groups excluding tert-OH is 1. The number of allylic oxidation sites excluding steroid dienone is 2. The zero-order valence-electron chi connectivity index (χ0n) is 6.29. The van der Waals surface area contributed by atoms with Crippen LogP contribution in [-0.2, 0) is 4.74 Å². The lowest BCUT2D eigenvalue weighted by Crippen LogP contribution is -2.11. The Morgan fingerprint density at radius 1 is 1.70 bits per heavy atom. The molecule has 10 heavy (non-hydrogen) atoms. The van der Waals surface area contributed by atoms with Crippen LogP contribution in [-0.4, -0.2) is 18.3 Å². The van der Waals surface area contributed by atoms with E-state index in [2.05, 4.69) is 0 Å². The third-order valence-corrected chi connectivity index (χ3v) is 1.56. The van der Waals surface area contributed by atoms with Gasteiger partial charge < -0.3 is 9.84 Å². The van der Waals surface area contributed by atoms with Crippen LogP contribution >= 0.6 is 0 Å². The lowest BCUT2D eigenvalue weighted by atomic mass is 10.0. The topological polar surface area (TPSA) is 29.5 Å². The van der Waals surface area contributed by atoms with Gasteiger partial charge in [-0.3, -0.25) is 0 Å². The van der Waals surface area contributed by atoms with Crippen LogP contribution in [0.1, 0.15) is 13.3 Å². The van der Waals surface area contributed by atoms with Gasteiger partial charge in [0, 0.05) is 13.5 Å². The second-order valence-corrected chi connectivity index (χ2v) is 2.52. The van der Waals surface area contributed by atoms with Crippen molar-refractivity contribution in [1.82, 2.24) is 0 Å². The maximum Gasteiger partial charge on any atom is 0.0954 e. The molecule has 56 valence electrons. The minimum Gasteiger partial charge on any atom is -0.512 e. The Morgan fingerprint density at radius 3 is 2.90 bits per heavy atom. The molecule has 1 unspecified atom stereocenters. The van der Waals surface area contributed by atoms with E-state index >= 15 is 0 Å². The fraction of sp³-hybridized carbons (Fsp3) is 0.500. The third kappa shape index (κ3) is 1.61. The number of rotatable bonds is 1. The van der Waals surface area contributed by atoms with Crippen molar-refractivity contribution in [2.24, 2.45) is 0 Å². The molecule has 1 aliphatic rings. The summed E-state index contributed by atoms with van der Waals surface area (Å²) in [5.41, 5.74) is 1.07. The lowest BCUT2D eigenvalue weighted by molar-refractivity contribution is 0.127. The molecular formula is C8H12O2. The Labute approximate surface area is 60.8 Å². The van der Waals surface area contributed by atoms with Crippen molar-refractivity contribution < 1.29 is 9.84 Å². The summed E-state index contributed by atoms with van der Waals surface area (Å²) in [6.45, 7) is 1.95. The van der Waals surface area contributed by atoms with Crippen molar-refractivity contribution >= 4 is 0 Å². The molecule has 1 rings (SSSR count). The number of hydrogen-bond donors (Lipinski definition) is 1. The molecule has 0 fully saturated rings. The predicted octanol–water partition coefficient (Wildman–Crippen LogP) is 1.79. The van der Waals surface area contributed by atoms with Crippen molar-refractivity contribution in [3.8, 4) is 0 Å². The molecule has 0 bridgehead atoms. The number of hydrogen-bond acceptors (Lipinski definition) is 2. The highest BCUT2D eigenvalue weighted by molar-refractivity contribution is 5.25. The Balaban J connectivity index is 2.67. The summed E-state index contributed by atoms with van der Waals surface area (Å²) in [7, 11) is 1.65. The van der Waals surface area contributed by atoms with Gasteiger partial charge in [0.25, 0.3) is 0 Å². The summed E-state index contributed by atoms with van der Waals surface area (Å²) in [6.07, 6.45) is 4.42. The molecule has 1 atom stereocenters. The Kier molecular flexibility index (Phi) is 2.12. The SMILES string of the molecule is COC1C=C(C)C=C(O)C1. The van der Waals surface area contributed by atoms with Gasteiger partial charge in [0.2, 0.25) is 0 Å². The normalized spacial score (nSPS) is 25.6. The van der Waals surface area contributed by atoms with Crippen molar-refractivity contribution in [3.05, 3.63) is 23.5 Å². The summed E-state index contributed by atoms with van der Waals surface area (Å²) in [5, 5.41) is 9.12. The van der Waals surface area contributed by atoms with Crippen LogP contribution in [0.4, 0.5) is 0 Å². The van der Waals surface area contributed by atoms with Crippen LogP contribution < -0.4 is 0 Å². The van der Waals surface area contributed by atoms with E-state index in [0.717, 1.165) is 5.57 Å². The molecule has 0 aromatic rings. The van der Waals surface area contributed by atoms with Crippen molar-refractivity contribution in [2.75, 3.05) is 7.11 Å². The van der Waals surface area contributed by atoms with Crippen LogP contribution in [0.25, 0.3) is 0 Å². The van der Waals surface area contributed by atoms with Crippen LogP contribution in [0, 0.1) is 0 Å². The van der Waals surface area contributed by atoms with Gasteiger partial charge in [-0.25, -0.2) is 0 Å². The molecular weight excluding hydrogens is 128 g/mol. The maximum atomic E-state index is 9.12. The van der Waals surface area contributed by atoms with E-state index in [1.165, 1.54) is 0 Å². The van der Waals surface area contributed by atoms with E-state index in [-0.39, 0.29) is 6.10 Å². The molecule has 0 aromatic carbocycles.